The third kappa shape index (κ3) is 4.78. The molecule has 0 aliphatic rings. The van der Waals surface area contributed by atoms with E-state index in [1.807, 2.05) is 0 Å². The summed E-state index contributed by atoms with van der Waals surface area (Å²) in [5.41, 5.74) is 0.420. The van der Waals surface area contributed by atoms with Crippen molar-refractivity contribution in [1.29, 1.82) is 0 Å². The predicted molar refractivity (Wildman–Crippen MR) is 61.3 cm³/mol. The number of carbonyl (C=O) groups is 1. The van der Waals surface area contributed by atoms with Crippen LogP contribution in [0.1, 0.15) is 5.56 Å². The summed E-state index contributed by atoms with van der Waals surface area (Å²) >= 11 is 0. The standard InChI is InChI=1S/C9H10N2O6S/c1-18(15,16)10-9(12)17-6-7-2-4-8(5-3-7)11(13)14/h2-5H,6H2,1H3,(H,10,12). The van der Waals surface area contributed by atoms with Gasteiger partial charge in [-0.2, -0.15) is 0 Å². The second kappa shape index (κ2) is 5.45. The van der Waals surface area contributed by atoms with E-state index in [1.165, 1.54) is 24.3 Å². The zero-order valence-electron chi connectivity index (χ0n) is 9.32. The fourth-order valence-electron chi connectivity index (χ4n) is 1.04. The summed E-state index contributed by atoms with van der Waals surface area (Å²) in [6.45, 7) is -0.181. The van der Waals surface area contributed by atoms with Crippen LogP contribution < -0.4 is 4.72 Å². The van der Waals surface area contributed by atoms with Crippen molar-refractivity contribution in [3.8, 4) is 0 Å². The molecule has 0 aliphatic carbocycles. The van der Waals surface area contributed by atoms with Gasteiger partial charge in [-0.3, -0.25) is 10.1 Å². The number of non-ortho nitro benzene ring substituents is 1. The van der Waals surface area contributed by atoms with Crippen molar-refractivity contribution in [2.45, 2.75) is 6.61 Å². The Bertz CT molecular complexity index is 551. The normalized spacial score (nSPS) is 10.7. The number of rotatable bonds is 4. The Hall–Kier alpha value is -2.16. The van der Waals surface area contributed by atoms with Crippen LogP contribution in [0.2, 0.25) is 0 Å². The molecule has 0 aliphatic heterocycles. The van der Waals surface area contributed by atoms with Gasteiger partial charge in [0, 0.05) is 12.1 Å². The molecular formula is C9H10N2O6S. The average Bonchev–Trinajstić information content (AvgIpc) is 2.24. The van der Waals surface area contributed by atoms with Crippen LogP contribution in [-0.2, 0) is 21.4 Å². The van der Waals surface area contributed by atoms with E-state index in [-0.39, 0.29) is 12.3 Å². The lowest BCUT2D eigenvalue weighted by Gasteiger charge is -2.05. The van der Waals surface area contributed by atoms with Crippen molar-refractivity contribution >= 4 is 21.8 Å². The van der Waals surface area contributed by atoms with Gasteiger partial charge in [-0.25, -0.2) is 17.9 Å². The number of amides is 1. The van der Waals surface area contributed by atoms with Gasteiger partial charge in [0.2, 0.25) is 10.0 Å². The summed E-state index contributed by atoms with van der Waals surface area (Å²) in [5, 5.41) is 10.4. The van der Waals surface area contributed by atoms with Gasteiger partial charge in [-0.1, -0.05) is 0 Å². The molecule has 0 saturated carbocycles. The van der Waals surface area contributed by atoms with Gasteiger partial charge in [0.05, 0.1) is 11.2 Å². The molecule has 1 aromatic carbocycles. The molecule has 1 rings (SSSR count). The van der Waals surface area contributed by atoms with Gasteiger partial charge in [-0.05, 0) is 17.7 Å². The number of nitrogens with zero attached hydrogens (tertiary/aromatic N) is 1. The minimum Gasteiger partial charge on any atom is -0.444 e. The van der Waals surface area contributed by atoms with E-state index in [2.05, 4.69) is 4.74 Å². The molecule has 1 amide bonds. The van der Waals surface area contributed by atoms with Crippen LogP contribution in [-0.4, -0.2) is 25.7 Å². The van der Waals surface area contributed by atoms with E-state index < -0.39 is 21.0 Å². The quantitative estimate of drug-likeness (QED) is 0.640. The van der Waals surface area contributed by atoms with Crippen LogP contribution in [0.25, 0.3) is 0 Å². The molecule has 0 saturated heterocycles. The maximum absolute atomic E-state index is 11.0. The van der Waals surface area contributed by atoms with E-state index in [0.717, 1.165) is 6.26 Å². The fourth-order valence-corrected chi connectivity index (χ4v) is 1.41. The molecular weight excluding hydrogens is 264 g/mol. The number of sulfonamides is 1. The lowest BCUT2D eigenvalue weighted by Crippen LogP contribution is -2.29. The van der Waals surface area contributed by atoms with E-state index >= 15 is 0 Å². The topological polar surface area (TPSA) is 116 Å². The van der Waals surface area contributed by atoms with Crippen molar-refractivity contribution in [3.63, 3.8) is 0 Å². The van der Waals surface area contributed by atoms with E-state index in [9.17, 15) is 23.3 Å². The third-order valence-electron chi connectivity index (χ3n) is 1.79. The van der Waals surface area contributed by atoms with Crippen LogP contribution in [0.3, 0.4) is 0 Å². The number of carbonyl (C=O) groups excluding carboxylic acids is 1. The Labute approximate surface area is 103 Å². The highest BCUT2D eigenvalue weighted by molar-refractivity contribution is 7.89. The Morgan fingerprint density at radius 2 is 1.94 bits per heavy atom. The van der Waals surface area contributed by atoms with Gasteiger partial charge in [0.15, 0.2) is 0 Å². The maximum atomic E-state index is 11.0. The summed E-state index contributed by atoms with van der Waals surface area (Å²) in [6.07, 6.45) is -0.281. The molecule has 0 unspecified atom stereocenters. The number of nitro groups is 1. The first-order chi connectivity index (χ1) is 8.28. The first-order valence-corrected chi connectivity index (χ1v) is 6.55. The minimum absolute atomic E-state index is 0.0839. The first-order valence-electron chi connectivity index (χ1n) is 4.66. The van der Waals surface area contributed by atoms with Crippen molar-refractivity contribution in [3.05, 3.63) is 39.9 Å². The molecule has 98 valence electrons. The lowest BCUT2D eigenvalue weighted by molar-refractivity contribution is -0.384. The highest BCUT2D eigenvalue weighted by atomic mass is 32.2. The summed E-state index contributed by atoms with van der Waals surface area (Å²) in [4.78, 5) is 20.8. The number of nitro benzene ring substituents is 1. The van der Waals surface area contributed by atoms with Crippen molar-refractivity contribution in [2.75, 3.05) is 6.26 Å². The monoisotopic (exact) mass is 274 g/mol. The molecule has 0 spiro atoms. The summed E-state index contributed by atoms with van der Waals surface area (Å²) in [6, 6.07) is 5.33. The summed E-state index contributed by atoms with van der Waals surface area (Å²) in [7, 11) is -3.66. The highest BCUT2D eigenvalue weighted by Crippen LogP contribution is 2.12. The number of benzene rings is 1. The Morgan fingerprint density at radius 1 is 1.39 bits per heavy atom. The van der Waals surface area contributed by atoms with Gasteiger partial charge in [-0.15, -0.1) is 0 Å². The molecule has 0 radical (unpaired) electrons. The molecule has 18 heavy (non-hydrogen) atoms. The number of hydrogen-bond acceptors (Lipinski definition) is 6. The molecule has 9 heteroatoms. The predicted octanol–water partition coefficient (Wildman–Crippen LogP) is 0.781. The van der Waals surface area contributed by atoms with Crippen molar-refractivity contribution < 1.29 is 22.9 Å². The van der Waals surface area contributed by atoms with Crippen LogP contribution in [0.4, 0.5) is 10.5 Å². The highest BCUT2D eigenvalue weighted by Gasteiger charge is 2.10. The van der Waals surface area contributed by atoms with Gasteiger partial charge in [0.25, 0.3) is 5.69 Å². The second-order valence-corrected chi connectivity index (χ2v) is 5.12. The van der Waals surface area contributed by atoms with Crippen molar-refractivity contribution in [2.24, 2.45) is 0 Å². The van der Waals surface area contributed by atoms with E-state index in [0.29, 0.717) is 5.56 Å². The minimum atomic E-state index is -3.66. The van der Waals surface area contributed by atoms with Crippen LogP contribution in [0, 0.1) is 10.1 Å². The average molecular weight is 274 g/mol. The zero-order valence-corrected chi connectivity index (χ0v) is 10.1. The largest absolute Gasteiger partial charge is 0.444 e. The maximum Gasteiger partial charge on any atom is 0.421 e. The second-order valence-electron chi connectivity index (χ2n) is 3.37. The van der Waals surface area contributed by atoms with Crippen LogP contribution >= 0.6 is 0 Å². The molecule has 0 atom stereocenters. The molecule has 0 aromatic heterocycles. The fraction of sp³-hybridized carbons (Fsp3) is 0.222. The van der Waals surface area contributed by atoms with Gasteiger partial charge >= 0.3 is 6.09 Å². The Kier molecular flexibility index (Phi) is 4.21. The molecule has 0 heterocycles. The van der Waals surface area contributed by atoms with Crippen LogP contribution in [0.5, 0.6) is 0 Å². The number of ether oxygens (including phenoxy) is 1. The van der Waals surface area contributed by atoms with Gasteiger partial charge in [0.1, 0.15) is 6.61 Å². The SMILES string of the molecule is CS(=O)(=O)NC(=O)OCc1ccc([N+](=O)[O-])cc1. The molecule has 1 N–H and O–H groups in total. The number of nitrogens with one attached hydrogen (secondary N) is 1. The number of hydrogen-bond donors (Lipinski definition) is 1. The van der Waals surface area contributed by atoms with Gasteiger partial charge < -0.3 is 4.74 Å². The Balaban J connectivity index is 2.54. The smallest absolute Gasteiger partial charge is 0.421 e. The molecule has 0 bridgehead atoms. The molecule has 8 nitrogen and oxygen atoms in total. The van der Waals surface area contributed by atoms with Crippen LogP contribution in [0.15, 0.2) is 24.3 Å². The summed E-state index contributed by atoms with van der Waals surface area (Å²) in [5.74, 6) is 0. The third-order valence-corrected chi connectivity index (χ3v) is 2.32. The van der Waals surface area contributed by atoms with E-state index in [4.69, 9.17) is 0 Å². The van der Waals surface area contributed by atoms with E-state index in [1.54, 1.807) is 4.72 Å². The van der Waals surface area contributed by atoms with Crippen molar-refractivity contribution in [1.82, 2.24) is 4.72 Å². The molecule has 1 aromatic rings. The summed E-state index contributed by atoms with van der Waals surface area (Å²) < 4.78 is 27.6. The first kappa shape index (κ1) is 13.9. The lowest BCUT2D eigenvalue weighted by atomic mass is 10.2. The Morgan fingerprint density at radius 3 is 2.39 bits per heavy atom. The molecule has 0 fully saturated rings. The zero-order chi connectivity index (χ0) is 13.8.